The second kappa shape index (κ2) is 5.87. The number of thiophene rings is 1. The van der Waals surface area contributed by atoms with Gasteiger partial charge in [0.15, 0.2) is 0 Å². The van der Waals surface area contributed by atoms with Crippen LogP contribution in [0.25, 0.3) is 0 Å². The van der Waals surface area contributed by atoms with E-state index in [0.717, 1.165) is 16.3 Å². The molecule has 20 heavy (non-hydrogen) atoms. The molecule has 2 amide bonds. The quantitative estimate of drug-likeness (QED) is 0.815. The van der Waals surface area contributed by atoms with Crippen LogP contribution >= 0.6 is 11.3 Å². The van der Waals surface area contributed by atoms with Crippen LogP contribution in [0.2, 0.25) is 0 Å². The molecule has 0 aliphatic carbocycles. The van der Waals surface area contributed by atoms with Gasteiger partial charge in [0.05, 0.1) is 5.69 Å². The van der Waals surface area contributed by atoms with E-state index in [4.69, 9.17) is 5.73 Å². The van der Waals surface area contributed by atoms with Crippen LogP contribution < -0.4 is 11.1 Å². The Balaban J connectivity index is 2.24. The zero-order valence-corrected chi connectivity index (χ0v) is 12.1. The Labute approximate surface area is 120 Å². The molecule has 2 aromatic rings. The van der Waals surface area contributed by atoms with Crippen molar-refractivity contribution in [3.05, 3.63) is 39.8 Å². The maximum Gasteiger partial charge on any atom is 0.309 e. The number of carbonyl (C=O) groups excluding carboxylic acids is 2. The third-order valence-corrected chi connectivity index (χ3v) is 3.86. The van der Waals surface area contributed by atoms with Gasteiger partial charge >= 0.3 is 11.8 Å². The molecule has 2 rings (SSSR count). The second-order valence-electron chi connectivity index (χ2n) is 4.48. The van der Waals surface area contributed by atoms with E-state index < -0.39 is 11.8 Å². The first-order valence-corrected chi connectivity index (χ1v) is 7.00. The largest absolute Gasteiger partial charge is 0.361 e. The lowest BCUT2D eigenvalue weighted by atomic mass is 10.2. The van der Waals surface area contributed by atoms with Gasteiger partial charge in [-0.25, -0.2) is 0 Å². The van der Waals surface area contributed by atoms with Gasteiger partial charge in [0.2, 0.25) is 0 Å². The van der Waals surface area contributed by atoms with E-state index >= 15 is 0 Å². The Morgan fingerprint density at radius 3 is 2.75 bits per heavy atom. The van der Waals surface area contributed by atoms with Crippen molar-refractivity contribution in [3.8, 4) is 0 Å². The Bertz CT molecular complexity index is 618. The van der Waals surface area contributed by atoms with Gasteiger partial charge in [0, 0.05) is 17.1 Å². The van der Waals surface area contributed by atoms with Crippen molar-refractivity contribution < 1.29 is 9.59 Å². The summed E-state index contributed by atoms with van der Waals surface area (Å²) in [5, 5.41) is 8.95. The highest BCUT2D eigenvalue weighted by Crippen LogP contribution is 2.23. The van der Waals surface area contributed by atoms with Crippen molar-refractivity contribution in [1.82, 2.24) is 15.1 Å². The minimum Gasteiger partial charge on any atom is -0.361 e. The minimum atomic E-state index is -0.983. The third kappa shape index (κ3) is 3.05. The van der Waals surface area contributed by atoms with E-state index in [1.165, 1.54) is 0 Å². The highest BCUT2D eigenvalue weighted by atomic mass is 32.1. The summed E-state index contributed by atoms with van der Waals surface area (Å²) >= 11 is 1.58. The summed E-state index contributed by atoms with van der Waals surface area (Å²) in [7, 11) is 0. The average Bonchev–Trinajstić information content (AvgIpc) is 3.00. The molecule has 7 heteroatoms. The maximum absolute atomic E-state index is 11.3. The SMILES string of the molecule is Cc1cc(C)n([C@@H](CNC(=O)C(N)=O)c2cccs2)n1. The van der Waals surface area contributed by atoms with E-state index in [2.05, 4.69) is 10.4 Å². The van der Waals surface area contributed by atoms with Crippen LogP contribution in [0, 0.1) is 13.8 Å². The van der Waals surface area contributed by atoms with E-state index in [1.807, 2.05) is 42.1 Å². The number of hydrogen-bond acceptors (Lipinski definition) is 4. The number of nitrogens with zero attached hydrogens (tertiary/aromatic N) is 2. The van der Waals surface area contributed by atoms with Crippen molar-refractivity contribution in [2.45, 2.75) is 19.9 Å². The molecule has 0 saturated carbocycles. The molecular formula is C13H16N4O2S. The molecule has 0 aliphatic heterocycles. The van der Waals surface area contributed by atoms with Crippen molar-refractivity contribution in [3.63, 3.8) is 0 Å². The number of nitrogens with two attached hydrogens (primary N) is 1. The molecule has 0 saturated heterocycles. The lowest BCUT2D eigenvalue weighted by molar-refractivity contribution is -0.137. The summed E-state index contributed by atoms with van der Waals surface area (Å²) in [4.78, 5) is 23.2. The fourth-order valence-electron chi connectivity index (χ4n) is 2.03. The Morgan fingerprint density at radius 1 is 1.50 bits per heavy atom. The molecule has 0 bridgehead atoms. The Hall–Kier alpha value is -2.15. The number of aryl methyl sites for hydroxylation is 2. The molecule has 106 valence electrons. The van der Waals surface area contributed by atoms with E-state index in [1.54, 1.807) is 11.3 Å². The molecule has 0 radical (unpaired) electrons. The van der Waals surface area contributed by atoms with Crippen LogP contribution in [0.15, 0.2) is 23.6 Å². The first-order valence-electron chi connectivity index (χ1n) is 6.13. The van der Waals surface area contributed by atoms with Gasteiger partial charge in [-0.15, -0.1) is 11.3 Å². The van der Waals surface area contributed by atoms with Crippen LogP contribution in [0.4, 0.5) is 0 Å². The van der Waals surface area contributed by atoms with Gasteiger partial charge in [-0.1, -0.05) is 6.07 Å². The average molecular weight is 292 g/mol. The predicted molar refractivity (Wildman–Crippen MR) is 76.4 cm³/mol. The number of rotatable bonds is 4. The minimum absolute atomic E-state index is 0.146. The second-order valence-corrected chi connectivity index (χ2v) is 5.46. The van der Waals surface area contributed by atoms with Gasteiger partial charge in [-0.05, 0) is 31.4 Å². The number of carbonyl (C=O) groups is 2. The number of aromatic nitrogens is 2. The molecule has 0 aliphatic rings. The first kappa shape index (κ1) is 14.3. The molecule has 0 aromatic carbocycles. The van der Waals surface area contributed by atoms with E-state index in [-0.39, 0.29) is 12.6 Å². The van der Waals surface area contributed by atoms with Crippen molar-refractivity contribution >= 4 is 23.2 Å². The van der Waals surface area contributed by atoms with E-state index in [9.17, 15) is 9.59 Å². The standard InChI is InChI=1S/C13H16N4O2S/c1-8-6-9(2)17(16-8)10(11-4-3-5-20-11)7-15-13(19)12(14)18/h3-6,10H,7H2,1-2H3,(H2,14,18)(H,15,19)/t10-/m0/s1. The lowest BCUT2D eigenvalue weighted by Crippen LogP contribution is -2.39. The lowest BCUT2D eigenvalue weighted by Gasteiger charge is -2.18. The van der Waals surface area contributed by atoms with Gasteiger partial charge in [0.1, 0.15) is 6.04 Å². The molecule has 2 aromatic heterocycles. The van der Waals surface area contributed by atoms with E-state index in [0.29, 0.717) is 0 Å². The predicted octanol–water partition coefficient (Wildman–Crippen LogP) is 0.752. The van der Waals surface area contributed by atoms with Crippen molar-refractivity contribution in [2.75, 3.05) is 6.54 Å². The highest BCUT2D eigenvalue weighted by molar-refractivity contribution is 7.10. The Morgan fingerprint density at radius 2 is 2.25 bits per heavy atom. The number of nitrogens with one attached hydrogen (secondary N) is 1. The summed E-state index contributed by atoms with van der Waals surface area (Å²) in [6, 6.07) is 5.74. The van der Waals surface area contributed by atoms with Crippen LogP contribution in [-0.2, 0) is 9.59 Å². The number of primary amides is 1. The molecular weight excluding hydrogens is 276 g/mol. The Kier molecular flexibility index (Phi) is 4.19. The molecule has 1 atom stereocenters. The normalized spacial score (nSPS) is 12.1. The van der Waals surface area contributed by atoms with Crippen LogP contribution in [-0.4, -0.2) is 28.1 Å². The van der Waals surface area contributed by atoms with Gasteiger partial charge in [0.25, 0.3) is 0 Å². The maximum atomic E-state index is 11.3. The fourth-order valence-corrected chi connectivity index (χ4v) is 2.84. The molecule has 0 spiro atoms. The van der Waals surface area contributed by atoms with Crippen LogP contribution in [0.5, 0.6) is 0 Å². The zero-order chi connectivity index (χ0) is 14.7. The van der Waals surface area contributed by atoms with Crippen LogP contribution in [0.3, 0.4) is 0 Å². The molecule has 6 nitrogen and oxygen atoms in total. The number of hydrogen-bond donors (Lipinski definition) is 2. The van der Waals surface area contributed by atoms with Crippen molar-refractivity contribution in [2.24, 2.45) is 5.73 Å². The smallest absolute Gasteiger partial charge is 0.309 e. The van der Waals surface area contributed by atoms with Gasteiger partial charge in [-0.2, -0.15) is 5.10 Å². The van der Waals surface area contributed by atoms with Gasteiger partial charge < -0.3 is 11.1 Å². The first-order chi connectivity index (χ1) is 9.49. The third-order valence-electron chi connectivity index (χ3n) is 2.89. The molecule has 0 unspecified atom stereocenters. The zero-order valence-electron chi connectivity index (χ0n) is 11.3. The summed E-state index contributed by atoms with van der Waals surface area (Å²) in [6.07, 6.45) is 0. The molecule has 0 fully saturated rings. The molecule has 2 heterocycles. The van der Waals surface area contributed by atoms with Gasteiger partial charge in [-0.3, -0.25) is 14.3 Å². The number of amides is 2. The summed E-state index contributed by atoms with van der Waals surface area (Å²) < 4.78 is 1.85. The topological polar surface area (TPSA) is 90.0 Å². The monoisotopic (exact) mass is 292 g/mol. The van der Waals surface area contributed by atoms with Crippen molar-refractivity contribution in [1.29, 1.82) is 0 Å². The summed E-state index contributed by atoms with van der Waals surface area (Å²) in [5.74, 6) is -1.77. The summed E-state index contributed by atoms with van der Waals surface area (Å²) in [6.45, 7) is 4.14. The highest BCUT2D eigenvalue weighted by Gasteiger charge is 2.20. The summed E-state index contributed by atoms with van der Waals surface area (Å²) in [5.41, 5.74) is 6.85. The van der Waals surface area contributed by atoms with Crippen LogP contribution in [0.1, 0.15) is 22.3 Å². The molecule has 3 N–H and O–H groups in total. The fraction of sp³-hybridized carbons (Fsp3) is 0.308.